The fourth-order valence-electron chi connectivity index (χ4n) is 1.93. The average Bonchev–Trinajstić information content (AvgIpc) is 2.64. The van der Waals surface area contributed by atoms with Gasteiger partial charge in [0.25, 0.3) is 0 Å². The SMILES string of the molecule is CN(C)CCN(C)CC1(C(=O)O)CCOC1. The minimum atomic E-state index is -0.735. The summed E-state index contributed by atoms with van der Waals surface area (Å²) in [5, 5.41) is 9.27. The van der Waals surface area contributed by atoms with Crippen LogP contribution in [0.2, 0.25) is 0 Å². The van der Waals surface area contributed by atoms with Crippen molar-refractivity contribution in [3.8, 4) is 0 Å². The zero-order valence-electron chi connectivity index (χ0n) is 10.4. The second-order valence-electron chi connectivity index (χ2n) is 4.93. The van der Waals surface area contributed by atoms with Gasteiger partial charge in [0.15, 0.2) is 0 Å². The molecule has 1 atom stereocenters. The van der Waals surface area contributed by atoms with Crippen LogP contribution in [0.25, 0.3) is 0 Å². The van der Waals surface area contributed by atoms with Crippen molar-refractivity contribution in [3.05, 3.63) is 0 Å². The highest BCUT2D eigenvalue weighted by Crippen LogP contribution is 2.29. The molecule has 1 saturated heterocycles. The molecule has 1 fully saturated rings. The summed E-state index contributed by atoms with van der Waals surface area (Å²) >= 11 is 0. The Hall–Kier alpha value is -0.650. The number of ether oxygens (including phenoxy) is 1. The van der Waals surface area contributed by atoms with E-state index in [1.807, 2.05) is 21.1 Å². The number of carboxylic acids is 1. The summed E-state index contributed by atoms with van der Waals surface area (Å²) in [6.45, 7) is 3.29. The van der Waals surface area contributed by atoms with Gasteiger partial charge in [-0.15, -0.1) is 0 Å². The van der Waals surface area contributed by atoms with Crippen LogP contribution in [0.5, 0.6) is 0 Å². The van der Waals surface area contributed by atoms with Crippen LogP contribution in [0.15, 0.2) is 0 Å². The van der Waals surface area contributed by atoms with Crippen molar-refractivity contribution in [2.24, 2.45) is 5.41 Å². The zero-order chi connectivity index (χ0) is 12.2. The molecule has 0 aromatic heterocycles. The number of carboxylic acid groups (broad SMARTS) is 1. The molecular weight excluding hydrogens is 208 g/mol. The van der Waals surface area contributed by atoms with E-state index in [0.29, 0.717) is 26.2 Å². The predicted molar refractivity (Wildman–Crippen MR) is 61.6 cm³/mol. The Labute approximate surface area is 97.0 Å². The molecule has 1 N–H and O–H groups in total. The van der Waals surface area contributed by atoms with Gasteiger partial charge in [-0.3, -0.25) is 4.79 Å². The Morgan fingerprint density at radius 3 is 2.50 bits per heavy atom. The van der Waals surface area contributed by atoms with Crippen molar-refractivity contribution in [1.82, 2.24) is 9.80 Å². The lowest BCUT2D eigenvalue weighted by Crippen LogP contribution is -2.44. The number of rotatable bonds is 6. The molecule has 0 bridgehead atoms. The molecule has 0 radical (unpaired) electrons. The second kappa shape index (κ2) is 5.61. The van der Waals surface area contributed by atoms with Crippen molar-refractivity contribution in [3.63, 3.8) is 0 Å². The van der Waals surface area contributed by atoms with Gasteiger partial charge in [-0.25, -0.2) is 0 Å². The number of carbonyl (C=O) groups is 1. The van der Waals surface area contributed by atoms with E-state index in [1.165, 1.54) is 0 Å². The quantitative estimate of drug-likeness (QED) is 0.694. The van der Waals surface area contributed by atoms with Crippen molar-refractivity contribution < 1.29 is 14.6 Å². The van der Waals surface area contributed by atoms with Crippen molar-refractivity contribution >= 4 is 5.97 Å². The van der Waals surface area contributed by atoms with Gasteiger partial charge in [-0.1, -0.05) is 0 Å². The lowest BCUT2D eigenvalue weighted by molar-refractivity contribution is -0.150. The summed E-state index contributed by atoms with van der Waals surface area (Å²) < 4.78 is 5.23. The minimum absolute atomic E-state index is 0.342. The maximum atomic E-state index is 11.3. The minimum Gasteiger partial charge on any atom is -0.481 e. The van der Waals surface area contributed by atoms with Crippen LogP contribution in [0.1, 0.15) is 6.42 Å². The van der Waals surface area contributed by atoms with Crippen molar-refractivity contribution in [2.45, 2.75) is 6.42 Å². The third-order valence-corrected chi connectivity index (χ3v) is 3.06. The molecule has 94 valence electrons. The summed E-state index contributed by atoms with van der Waals surface area (Å²) in [6.07, 6.45) is 0.620. The number of aliphatic carboxylic acids is 1. The van der Waals surface area contributed by atoms with Gasteiger partial charge in [0.05, 0.1) is 6.61 Å². The summed E-state index contributed by atoms with van der Waals surface area (Å²) in [5.41, 5.74) is -0.693. The summed E-state index contributed by atoms with van der Waals surface area (Å²) in [5.74, 6) is -0.735. The Morgan fingerprint density at radius 1 is 1.38 bits per heavy atom. The van der Waals surface area contributed by atoms with E-state index >= 15 is 0 Å². The number of hydrogen-bond acceptors (Lipinski definition) is 4. The molecule has 0 saturated carbocycles. The van der Waals surface area contributed by atoms with Crippen LogP contribution >= 0.6 is 0 Å². The second-order valence-corrected chi connectivity index (χ2v) is 4.93. The standard InChI is InChI=1S/C11H22N2O3/c1-12(2)5-6-13(3)8-11(10(14)15)4-7-16-9-11/h4-9H2,1-3H3,(H,14,15). The van der Waals surface area contributed by atoms with E-state index in [9.17, 15) is 9.90 Å². The van der Waals surface area contributed by atoms with E-state index in [0.717, 1.165) is 13.1 Å². The van der Waals surface area contributed by atoms with E-state index in [2.05, 4.69) is 9.80 Å². The monoisotopic (exact) mass is 230 g/mol. The Bertz CT molecular complexity index is 237. The molecule has 0 aromatic carbocycles. The van der Waals surface area contributed by atoms with Crippen LogP contribution in [0.4, 0.5) is 0 Å². The van der Waals surface area contributed by atoms with Gasteiger partial charge in [0.2, 0.25) is 0 Å². The summed E-state index contributed by atoms with van der Waals surface area (Å²) in [4.78, 5) is 15.4. The average molecular weight is 230 g/mol. The largest absolute Gasteiger partial charge is 0.481 e. The molecule has 16 heavy (non-hydrogen) atoms. The highest BCUT2D eigenvalue weighted by atomic mass is 16.5. The van der Waals surface area contributed by atoms with E-state index < -0.39 is 11.4 Å². The molecule has 0 aromatic rings. The third kappa shape index (κ3) is 3.43. The fourth-order valence-corrected chi connectivity index (χ4v) is 1.93. The molecule has 1 aliphatic heterocycles. The summed E-state index contributed by atoms with van der Waals surface area (Å²) in [7, 11) is 5.99. The zero-order valence-corrected chi connectivity index (χ0v) is 10.4. The van der Waals surface area contributed by atoms with Crippen molar-refractivity contribution in [2.75, 3.05) is 54.0 Å². The van der Waals surface area contributed by atoms with E-state index in [1.54, 1.807) is 0 Å². The van der Waals surface area contributed by atoms with Crippen molar-refractivity contribution in [1.29, 1.82) is 0 Å². The van der Waals surface area contributed by atoms with Gasteiger partial charge in [-0.05, 0) is 27.6 Å². The van der Waals surface area contributed by atoms with Crippen LogP contribution < -0.4 is 0 Å². The predicted octanol–water partition coefficient (Wildman–Crippen LogP) is -0.0289. The molecule has 0 spiro atoms. The van der Waals surface area contributed by atoms with E-state index in [-0.39, 0.29) is 0 Å². The van der Waals surface area contributed by atoms with Crippen LogP contribution in [0, 0.1) is 5.41 Å². The summed E-state index contributed by atoms with van der Waals surface area (Å²) in [6, 6.07) is 0. The molecule has 1 aliphatic rings. The Morgan fingerprint density at radius 2 is 2.06 bits per heavy atom. The lowest BCUT2D eigenvalue weighted by atomic mass is 9.87. The first-order chi connectivity index (χ1) is 7.46. The van der Waals surface area contributed by atoms with Crippen LogP contribution in [-0.2, 0) is 9.53 Å². The maximum absolute atomic E-state index is 11.3. The van der Waals surface area contributed by atoms with Gasteiger partial charge in [0.1, 0.15) is 5.41 Å². The molecule has 1 unspecified atom stereocenters. The Balaban J connectivity index is 2.46. The third-order valence-electron chi connectivity index (χ3n) is 3.06. The number of likely N-dealkylation sites (N-methyl/N-ethyl adjacent to an activating group) is 2. The van der Waals surface area contributed by atoms with Crippen LogP contribution in [-0.4, -0.2) is 74.9 Å². The normalized spacial score (nSPS) is 25.6. The highest BCUT2D eigenvalue weighted by molar-refractivity contribution is 5.75. The molecule has 0 amide bonds. The molecule has 0 aliphatic carbocycles. The highest BCUT2D eigenvalue weighted by Gasteiger charge is 2.43. The first-order valence-corrected chi connectivity index (χ1v) is 5.61. The fraction of sp³-hybridized carbons (Fsp3) is 0.909. The lowest BCUT2D eigenvalue weighted by Gasteiger charge is -2.29. The van der Waals surface area contributed by atoms with Gasteiger partial charge in [-0.2, -0.15) is 0 Å². The smallest absolute Gasteiger partial charge is 0.313 e. The Kier molecular flexibility index (Phi) is 4.70. The van der Waals surface area contributed by atoms with E-state index in [4.69, 9.17) is 4.74 Å². The topological polar surface area (TPSA) is 53.0 Å². The number of hydrogen-bond donors (Lipinski definition) is 1. The number of nitrogens with zero attached hydrogens (tertiary/aromatic N) is 2. The molecule has 1 heterocycles. The molecular formula is C11H22N2O3. The van der Waals surface area contributed by atoms with Gasteiger partial charge in [0, 0.05) is 26.2 Å². The molecule has 5 nitrogen and oxygen atoms in total. The first-order valence-electron chi connectivity index (χ1n) is 5.61. The van der Waals surface area contributed by atoms with Gasteiger partial charge < -0.3 is 19.6 Å². The van der Waals surface area contributed by atoms with Crippen LogP contribution in [0.3, 0.4) is 0 Å². The van der Waals surface area contributed by atoms with Gasteiger partial charge >= 0.3 is 5.97 Å². The molecule has 1 rings (SSSR count). The molecule has 5 heteroatoms. The first kappa shape index (κ1) is 13.4. The maximum Gasteiger partial charge on any atom is 0.313 e.